The molecule has 8 heteroatoms. The van der Waals surface area contributed by atoms with Crippen LogP contribution in [0.5, 0.6) is 5.75 Å². The summed E-state index contributed by atoms with van der Waals surface area (Å²) in [7, 11) is -2.21. The third-order valence-corrected chi connectivity index (χ3v) is 7.37. The van der Waals surface area contributed by atoms with Crippen molar-refractivity contribution in [1.82, 2.24) is 4.31 Å². The second kappa shape index (κ2) is 10.2. The molecule has 1 saturated heterocycles. The summed E-state index contributed by atoms with van der Waals surface area (Å²) in [5, 5.41) is 2.80. The highest BCUT2D eigenvalue weighted by Crippen LogP contribution is 2.29. The third kappa shape index (κ3) is 5.42. The molecule has 3 aromatic rings. The summed E-state index contributed by atoms with van der Waals surface area (Å²) in [6.45, 7) is 1.33. The molecular formula is C25H26N2O5S. The quantitative estimate of drug-likeness (QED) is 0.576. The number of rotatable bonds is 7. The van der Waals surface area contributed by atoms with Crippen LogP contribution in [0.15, 0.2) is 77.7 Å². The number of benzene rings is 3. The zero-order valence-electron chi connectivity index (χ0n) is 18.4. The monoisotopic (exact) mass is 466 g/mol. The lowest BCUT2D eigenvalue weighted by atomic mass is 10.0. The average molecular weight is 467 g/mol. The van der Waals surface area contributed by atoms with Crippen LogP contribution in [0.1, 0.15) is 5.56 Å². The molecular weight excluding hydrogens is 440 g/mol. The number of morpholine rings is 1. The Bertz CT molecular complexity index is 1210. The zero-order chi connectivity index (χ0) is 23.3. The molecule has 0 radical (unpaired) electrons. The predicted octanol–water partition coefficient (Wildman–Crippen LogP) is 3.56. The average Bonchev–Trinajstić information content (AvgIpc) is 2.85. The Kier molecular flexibility index (Phi) is 7.08. The van der Waals surface area contributed by atoms with Crippen molar-refractivity contribution in [3.8, 4) is 16.9 Å². The number of methoxy groups -OCH3 is 1. The second-order valence-corrected chi connectivity index (χ2v) is 9.60. The fraction of sp³-hybridized carbons (Fsp3) is 0.240. The van der Waals surface area contributed by atoms with Crippen molar-refractivity contribution >= 4 is 21.6 Å². The van der Waals surface area contributed by atoms with Crippen molar-refractivity contribution in [2.75, 3.05) is 38.7 Å². The van der Waals surface area contributed by atoms with Crippen LogP contribution in [0.3, 0.4) is 0 Å². The minimum absolute atomic E-state index is 0.104. The molecule has 4 rings (SSSR count). The smallest absolute Gasteiger partial charge is 0.243 e. The lowest BCUT2D eigenvalue weighted by Crippen LogP contribution is -2.40. The third-order valence-electron chi connectivity index (χ3n) is 5.48. The van der Waals surface area contributed by atoms with E-state index < -0.39 is 10.0 Å². The first-order chi connectivity index (χ1) is 16.0. The summed E-state index contributed by atoms with van der Waals surface area (Å²) in [5.74, 6) is 0.130. The standard InChI is InChI=1S/C25H26N2O5S/c1-31-24-12-11-22(33(29,30)27-13-15-32-16-14-27)18-23(24)26-25(28)17-19-7-9-21(10-8-19)20-5-3-2-4-6-20/h2-12,18H,13-17H2,1H3,(H,26,28). The van der Waals surface area contributed by atoms with Gasteiger partial charge in [0.05, 0.1) is 37.3 Å². The van der Waals surface area contributed by atoms with Gasteiger partial charge in [0, 0.05) is 13.1 Å². The van der Waals surface area contributed by atoms with Crippen molar-refractivity contribution in [2.24, 2.45) is 0 Å². The first-order valence-corrected chi connectivity index (χ1v) is 12.1. The Hall–Kier alpha value is -3.20. The van der Waals surface area contributed by atoms with Gasteiger partial charge in [0.2, 0.25) is 15.9 Å². The van der Waals surface area contributed by atoms with E-state index in [2.05, 4.69) is 5.32 Å². The summed E-state index contributed by atoms with van der Waals surface area (Å²) in [5.41, 5.74) is 3.35. The van der Waals surface area contributed by atoms with Gasteiger partial charge in [-0.3, -0.25) is 4.79 Å². The Labute approximate surface area is 194 Å². The molecule has 0 aromatic heterocycles. The lowest BCUT2D eigenvalue weighted by Gasteiger charge is -2.26. The number of hydrogen-bond acceptors (Lipinski definition) is 5. The van der Waals surface area contributed by atoms with Crippen LogP contribution in [-0.2, 0) is 26.0 Å². The van der Waals surface area contributed by atoms with Crippen LogP contribution < -0.4 is 10.1 Å². The molecule has 1 aliphatic heterocycles. The molecule has 3 aromatic carbocycles. The molecule has 0 aliphatic carbocycles. The van der Waals surface area contributed by atoms with E-state index in [1.165, 1.54) is 23.5 Å². The number of hydrogen-bond donors (Lipinski definition) is 1. The van der Waals surface area contributed by atoms with Gasteiger partial charge >= 0.3 is 0 Å². The molecule has 0 atom stereocenters. The zero-order valence-corrected chi connectivity index (χ0v) is 19.2. The van der Waals surface area contributed by atoms with Crippen molar-refractivity contribution in [3.63, 3.8) is 0 Å². The van der Waals surface area contributed by atoms with Gasteiger partial charge in [0.1, 0.15) is 5.75 Å². The number of anilines is 1. The van der Waals surface area contributed by atoms with E-state index in [1.807, 2.05) is 54.6 Å². The highest BCUT2D eigenvalue weighted by molar-refractivity contribution is 7.89. The Morgan fingerprint density at radius 2 is 1.64 bits per heavy atom. The second-order valence-electron chi connectivity index (χ2n) is 7.67. The number of nitrogens with one attached hydrogen (secondary N) is 1. The summed E-state index contributed by atoms with van der Waals surface area (Å²) in [6.07, 6.45) is 0.151. The van der Waals surface area contributed by atoms with Gasteiger partial charge < -0.3 is 14.8 Å². The molecule has 1 N–H and O–H groups in total. The highest BCUT2D eigenvalue weighted by Gasteiger charge is 2.27. The van der Waals surface area contributed by atoms with Gasteiger partial charge in [-0.15, -0.1) is 0 Å². The lowest BCUT2D eigenvalue weighted by molar-refractivity contribution is -0.115. The number of amides is 1. The van der Waals surface area contributed by atoms with E-state index in [0.717, 1.165) is 16.7 Å². The van der Waals surface area contributed by atoms with E-state index in [4.69, 9.17) is 9.47 Å². The fourth-order valence-electron chi connectivity index (χ4n) is 3.71. The predicted molar refractivity (Wildman–Crippen MR) is 127 cm³/mol. The molecule has 33 heavy (non-hydrogen) atoms. The molecule has 0 bridgehead atoms. The van der Waals surface area contributed by atoms with Crippen molar-refractivity contribution in [1.29, 1.82) is 0 Å². The molecule has 1 aliphatic rings. The van der Waals surface area contributed by atoms with E-state index in [1.54, 1.807) is 6.07 Å². The fourth-order valence-corrected chi connectivity index (χ4v) is 5.14. The van der Waals surface area contributed by atoms with E-state index in [-0.39, 0.29) is 17.2 Å². The summed E-state index contributed by atoms with van der Waals surface area (Å²) < 4.78 is 37.9. The summed E-state index contributed by atoms with van der Waals surface area (Å²) >= 11 is 0. The molecule has 1 amide bonds. The Morgan fingerprint density at radius 1 is 0.970 bits per heavy atom. The first-order valence-electron chi connectivity index (χ1n) is 10.7. The Balaban J connectivity index is 1.48. The minimum Gasteiger partial charge on any atom is -0.495 e. The highest BCUT2D eigenvalue weighted by atomic mass is 32.2. The molecule has 1 fully saturated rings. The largest absolute Gasteiger partial charge is 0.495 e. The molecule has 0 spiro atoms. The van der Waals surface area contributed by atoms with E-state index in [0.29, 0.717) is 37.7 Å². The van der Waals surface area contributed by atoms with Gasteiger partial charge in [-0.2, -0.15) is 4.31 Å². The maximum atomic E-state index is 13.0. The van der Waals surface area contributed by atoms with Gasteiger partial charge in [-0.25, -0.2) is 8.42 Å². The Morgan fingerprint density at radius 3 is 2.30 bits per heavy atom. The van der Waals surface area contributed by atoms with Crippen LogP contribution in [-0.4, -0.2) is 52.0 Å². The molecule has 7 nitrogen and oxygen atoms in total. The normalized spacial score (nSPS) is 14.6. The molecule has 0 saturated carbocycles. The molecule has 1 heterocycles. The van der Waals surface area contributed by atoms with Gasteiger partial charge in [-0.1, -0.05) is 54.6 Å². The van der Waals surface area contributed by atoms with Crippen LogP contribution in [0, 0.1) is 0 Å². The van der Waals surface area contributed by atoms with E-state index in [9.17, 15) is 13.2 Å². The van der Waals surface area contributed by atoms with Crippen molar-refractivity contribution < 1.29 is 22.7 Å². The van der Waals surface area contributed by atoms with Gasteiger partial charge in [0.15, 0.2) is 0 Å². The van der Waals surface area contributed by atoms with Crippen LogP contribution >= 0.6 is 0 Å². The van der Waals surface area contributed by atoms with Crippen molar-refractivity contribution in [2.45, 2.75) is 11.3 Å². The maximum absolute atomic E-state index is 13.0. The molecule has 172 valence electrons. The maximum Gasteiger partial charge on any atom is 0.243 e. The van der Waals surface area contributed by atoms with Crippen LogP contribution in [0.25, 0.3) is 11.1 Å². The number of ether oxygens (including phenoxy) is 2. The number of sulfonamides is 1. The number of carbonyl (C=O) groups excluding carboxylic acids is 1. The van der Waals surface area contributed by atoms with Gasteiger partial charge in [0.25, 0.3) is 0 Å². The summed E-state index contributed by atoms with van der Waals surface area (Å²) in [4.78, 5) is 12.8. The summed E-state index contributed by atoms with van der Waals surface area (Å²) in [6, 6.07) is 22.3. The first kappa shape index (κ1) is 23.0. The topological polar surface area (TPSA) is 84.9 Å². The molecule has 0 unspecified atom stereocenters. The van der Waals surface area contributed by atoms with E-state index >= 15 is 0 Å². The number of carbonyl (C=O) groups is 1. The van der Waals surface area contributed by atoms with Crippen LogP contribution in [0.2, 0.25) is 0 Å². The minimum atomic E-state index is -3.69. The van der Waals surface area contributed by atoms with Crippen molar-refractivity contribution in [3.05, 3.63) is 78.4 Å². The van der Waals surface area contributed by atoms with Crippen LogP contribution in [0.4, 0.5) is 5.69 Å². The number of nitrogens with zero attached hydrogens (tertiary/aromatic N) is 1. The van der Waals surface area contributed by atoms with Gasteiger partial charge in [-0.05, 0) is 34.9 Å². The SMILES string of the molecule is COc1ccc(S(=O)(=O)N2CCOCC2)cc1NC(=O)Cc1ccc(-c2ccccc2)cc1.